The average molecular weight is 317 g/mol. The van der Waals surface area contributed by atoms with Gasteiger partial charge in [0, 0.05) is 11.7 Å². The fourth-order valence-electron chi connectivity index (χ4n) is 2.80. The SMILES string of the molecule is Cc1nc(SCC(=O)NC2CCCCC2)c(C#N)c(C)c1C. The van der Waals surface area contributed by atoms with Crippen molar-refractivity contribution in [1.29, 1.82) is 5.26 Å². The van der Waals surface area contributed by atoms with Crippen LogP contribution in [0.1, 0.15) is 54.5 Å². The Morgan fingerprint density at radius 1 is 1.27 bits per heavy atom. The molecule has 1 aliphatic rings. The lowest BCUT2D eigenvalue weighted by Crippen LogP contribution is -2.37. The minimum Gasteiger partial charge on any atom is -0.353 e. The first kappa shape index (κ1) is 16.8. The molecule has 1 N–H and O–H groups in total. The van der Waals surface area contributed by atoms with Crippen LogP contribution in [0.25, 0.3) is 0 Å². The van der Waals surface area contributed by atoms with Crippen molar-refractivity contribution in [2.75, 3.05) is 5.75 Å². The van der Waals surface area contributed by atoms with Gasteiger partial charge in [0.05, 0.1) is 11.3 Å². The summed E-state index contributed by atoms with van der Waals surface area (Å²) in [5.74, 6) is 0.360. The Morgan fingerprint density at radius 2 is 1.95 bits per heavy atom. The van der Waals surface area contributed by atoms with Crippen LogP contribution in [0, 0.1) is 32.1 Å². The van der Waals surface area contributed by atoms with E-state index in [2.05, 4.69) is 16.4 Å². The molecule has 118 valence electrons. The molecule has 1 heterocycles. The first-order valence-electron chi connectivity index (χ1n) is 7.83. The second-order valence-corrected chi connectivity index (χ2v) is 6.89. The zero-order valence-corrected chi connectivity index (χ0v) is 14.3. The predicted molar refractivity (Wildman–Crippen MR) is 88.9 cm³/mol. The monoisotopic (exact) mass is 317 g/mol. The van der Waals surface area contributed by atoms with Gasteiger partial charge in [-0.15, -0.1) is 0 Å². The summed E-state index contributed by atoms with van der Waals surface area (Å²) >= 11 is 1.36. The Hall–Kier alpha value is -1.54. The van der Waals surface area contributed by atoms with Gasteiger partial charge >= 0.3 is 0 Å². The standard InChI is InChI=1S/C17H23N3OS/c1-11-12(2)15(9-18)17(19-13(11)3)22-10-16(21)20-14-7-5-4-6-8-14/h14H,4-8,10H2,1-3H3,(H,20,21). The van der Waals surface area contributed by atoms with E-state index >= 15 is 0 Å². The van der Waals surface area contributed by atoms with Crippen molar-refractivity contribution < 1.29 is 4.79 Å². The number of rotatable bonds is 4. The molecular weight excluding hydrogens is 294 g/mol. The molecule has 0 unspecified atom stereocenters. The van der Waals surface area contributed by atoms with Crippen LogP contribution in [-0.4, -0.2) is 22.7 Å². The predicted octanol–water partition coefficient (Wildman–Crippen LogP) is 3.42. The van der Waals surface area contributed by atoms with Crippen molar-refractivity contribution in [3.8, 4) is 6.07 Å². The van der Waals surface area contributed by atoms with E-state index in [0.717, 1.165) is 29.7 Å². The van der Waals surface area contributed by atoms with Crippen LogP contribution in [0.3, 0.4) is 0 Å². The van der Waals surface area contributed by atoms with Gasteiger partial charge in [-0.1, -0.05) is 31.0 Å². The van der Waals surface area contributed by atoms with Crippen molar-refractivity contribution in [3.05, 3.63) is 22.4 Å². The third-order valence-corrected chi connectivity index (χ3v) is 5.36. The van der Waals surface area contributed by atoms with E-state index < -0.39 is 0 Å². The summed E-state index contributed by atoms with van der Waals surface area (Å²) in [6.07, 6.45) is 5.85. The number of nitrogens with one attached hydrogen (secondary N) is 1. The van der Waals surface area contributed by atoms with Gasteiger partial charge in [-0.3, -0.25) is 4.79 Å². The molecule has 1 aromatic rings. The van der Waals surface area contributed by atoms with Gasteiger partial charge in [-0.05, 0) is 44.7 Å². The summed E-state index contributed by atoms with van der Waals surface area (Å²) in [6.45, 7) is 5.85. The summed E-state index contributed by atoms with van der Waals surface area (Å²) in [7, 11) is 0. The van der Waals surface area contributed by atoms with E-state index in [-0.39, 0.29) is 5.91 Å². The van der Waals surface area contributed by atoms with Crippen molar-refractivity contribution in [2.45, 2.75) is 63.9 Å². The molecule has 0 atom stereocenters. The molecule has 2 rings (SSSR count). The first-order chi connectivity index (χ1) is 10.5. The maximum atomic E-state index is 12.1. The fourth-order valence-corrected chi connectivity index (χ4v) is 3.69. The van der Waals surface area contributed by atoms with E-state index in [0.29, 0.717) is 22.4 Å². The number of nitrogens with zero attached hydrogens (tertiary/aromatic N) is 2. The lowest BCUT2D eigenvalue weighted by molar-refractivity contribution is -0.119. The number of amides is 1. The summed E-state index contributed by atoms with van der Waals surface area (Å²) in [5.41, 5.74) is 3.53. The van der Waals surface area contributed by atoms with Gasteiger partial charge in [0.25, 0.3) is 0 Å². The largest absolute Gasteiger partial charge is 0.353 e. The maximum Gasteiger partial charge on any atom is 0.230 e. The van der Waals surface area contributed by atoms with Gasteiger partial charge in [0.1, 0.15) is 11.1 Å². The molecule has 1 amide bonds. The quantitative estimate of drug-likeness (QED) is 0.864. The minimum absolute atomic E-state index is 0.0403. The summed E-state index contributed by atoms with van der Waals surface area (Å²) in [6, 6.07) is 2.55. The molecule has 0 aliphatic heterocycles. The normalized spacial score (nSPS) is 15.4. The summed E-state index contributed by atoms with van der Waals surface area (Å²) in [4.78, 5) is 16.6. The first-order valence-corrected chi connectivity index (χ1v) is 8.81. The molecule has 5 heteroatoms. The molecule has 1 aliphatic carbocycles. The average Bonchev–Trinajstić information content (AvgIpc) is 2.52. The molecule has 0 saturated heterocycles. The van der Waals surface area contributed by atoms with E-state index in [9.17, 15) is 10.1 Å². The number of aromatic nitrogens is 1. The van der Waals surface area contributed by atoms with Crippen LogP contribution in [0.15, 0.2) is 5.03 Å². The Balaban J connectivity index is 1.99. The zero-order valence-electron chi connectivity index (χ0n) is 13.5. The number of thioether (sulfide) groups is 1. The molecule has 4 nitrogen and oxygen atoms in total. The molecule has 0 spiro atoms. The Labute approximate surface area is 136 Å². The van der Waals surface area contributed by atoms with E-state index in [1.165, 1.54) is 31.0 Å². The lowest BCUT2D eigenvalue weighted by atomic mass is 9.95. The molecule has 0 radical (unpaired) electrons. The third-order valence-electron chi connectivity index (χ3n) is 4.39. The highest BCUT2D eigenvalue weighted by Gasteiger charge is 2.17. The van der Waals surface area contributed by atoms with Gasteiger partial charge < -0.3 is 5.32 Å². The van der Waals surface area contributed by atoms with Gasteiger partial charge in [-0.25, -0.2) is 4.98 Å². The minimum atomic E-state index is 0.0403. The number of carbonyl (C=O) groups excluding carboxylic acids is 1. The Bertz CT molecular complexity index is 601. The summed E-state index contributed by atoms with van der Waals surface area (Å²) in [5, 5.41) is 13.1. The van der Waals surface area contributed by atoms with Crippen molar-refractivity contribution in [2.24, 2.45) is 0 Å². The van der Waals surface area contributed by atoms with Gasteiger partial charge in [-0.2, -0.15) is 5.26 Å². The van der Waals surface area contributed by atoms with Gasteiger partial charge in [0.15, 0.2) is 0 Å². The number of hydrogen-bond donors (Lipinski definition) is 1. The highest BCUT2D eigenvalue weighted by atomic mass is 32.2. The molecule has 22 heavy (non-hydrogen) atoms. The summed E-state index contributed by atoms with van der Waals surface area (Å²) < 4.78 is 0. The van der Waals surface area contributed by atoms with Crippen LogP contribution >= 0.6 is 11.8 Å². The Kier molecular flexibility index (Phi) is 5.84. The second-order valence-electron chi connectivity index (χ2n) is 5.93. The van der Waals surface area contributed by atoms with Crippen LogP contribution in [0.2, 0.25) is 0 Å². The second kappa shape index (κ2) is 7.64. The number of nitriles is 1. The van der Waals surface area contributed by atoms with Crippen LogP contribution in [-0.2, 0) is 4.79 Å². The van der Waals surface area contributed by atoms with E-state index in [1.807, 2.05) is 20.8 Å². The van der Waals surface area contributed by atoms with Crippen molar-refractivity contribution in [3.63, 3.8) is 0 Å². The van der Waals surface area contributed by atoms with Crippen molar-refractivity contribution in [1.82, 2.24) is 10.3 Å². The van der Waals surface area contributed by atoms with Crippen molar-refractivity contribution >= 4 is 17.7 Å². The van der Waals surface area contributed by atoms with Gasteiger partial charge in [0.2, 0.25) is 5.91 Å². The number of carbonyl (C=O) groups is 1. The number of aryl methyl sites for hydroxylation is 1. The van der Waals surface area contributed by atoms with E-state index in [1.54, 1.807) is 0 Å². The maximum absolute atomic E-state index is 12.1. The molecule has 0 aromatic carbocycles. The molecule has 1 aromatic heterocycles. The van der Waals surface area contributed by atoms with Crippen LogP contribution in [0.4, 0.5) is 0 Å². The number of hydrogen-bond acceptors (Lipinski definition) is 4. The van der Waals surface area contributed by atoms with E-state index in [4.69, 9.17) is 0 Å². The molecular formula is C17H23N3OS. The smallest absolute Gasteiger partial charge is 0.230 e. The van der Waals surface area contributed by atoms with Crippen LogP contribution in [0.5, 0.6) is 0 Å². The highest BCUT2D eigenvalue weighted by Crippen LogP contribution is 2.26. The highest BCUT2D eigenvalue weighted by molar-refractivity contribution is 8.00. The molecule has 1 fully saturated rings. The fraction of sp³-hybridized carbons (Fsp3) is 0.588. The molecule has 0 bridgehead atoms. The topological polar surface area (TPSA) is 65.8 Å². The third kappa shape index (κ3) is 4.01. The lowest BCUT2D eigenvalue weighted by Gasteiger charge is -2.22. The Morgan fingerprint density at radius 3 is 2.59 bits per heavy atom. The van der Waals surface area contributed by atoms with Crippen LogP contribution < -0.4 is 5.32 Å². The molecule has 1 saturated carbocycles. The number of pyridine rings is 1. The zero-order chi connectivity index (χ0) is 16.1.